The van der Waals surface area contributed by atoms with Crippen LogP contribution in [0.1, 0.15) is 0 Å². The first-order chi connectivity index (χ1) is 8.59. The molecule has 0 spiro atoms. The van der Waals surface area contributed by atoms with Crippen LogP contribution >= 0.6 is 0 Å². The zero-order valence-electron chi connectivity index (χ0n) is 9.18. The normalized spacial score (nSPS) is 17.1. The van der Waals surface area contributed by atoms with Gasteiger partial charge in [-0.1, -0.05) is 35.5 Å². The molecule has 0 radical (unpaired) electrons. The third-order valence-electron chi connectivity index (χ3n) is 2.13. The molecular formula is C12H9NO4S. The average Bonchev–Trinajstić information content (AvgIpc) is 2.39. The molecule has 1 aromatic rings. The lowest BCUT2D eigenvalue weighted by Crippen LogP contribution is -2.13. The van der Waals surface area contributed by atoms with Gasteiger partial charge in [0, 0.05) is 0 Å². The Morgan fingerprint density at radius 3 is 2.33 bits per heavy atom. The number of ketones is 1. The predicted molar refractivity (Wildman–Crippen MR) is 65.4 cm³/mol. The van der Waals surface area contributed by atoms with Crippen LogP contribution < -0.4 is 0 Å². The molecule has 0 amide bonds. The molecule has 6 heteroatoms. The van der Waals surface area contributed by atoms with E-state index in [1.807, 2.05) is 0 Å². The fourth-order valence-electron chi connectivity index (χ4n) is 1.25. The summed E-state index contributed by atoms with van der Waals surface area (Å²) in [5.41, 5.74) is -0.0583. The van der Waals surface area contributed by atoms with Gasteiger partial charge in [-0.25, -0.2) is 0 Å². The Morgan fingerprint density at radius 2 is 1.67 bits per heavy atom. The molecule has 5 nitrogen and oxygen atoms in total. The molecule has 0 unspecified atom stereocenters. The van der Waals surface area contributed by atoms with E-state index in [1.165, 1.54) is 30.4 Å². The van der Waals surface area contributed by atoms with E-state index in [-0.39, 0.29) is 10.6 Å². The van der Waals surface area contributed by atoms with Crippen molar-refractivity contribution in [2.75, 3.05) is 0 Å². The minimum Gasteiger partial charge on any atom is -0.287 e. The third-order valence-corrected chi connectivity index (χ3v) is 3.25. The molecule has 0 N–H and O–H groups in total. The number of hydrogen-bond donors (Lipinski definition) is 0. The van der Waals surface area contributed by atoms with E-state index < -0.39 is 15.9 Å². The second-order valence-electron chi connectivity index (χ2n) is 3.40. The Balaban J connectivity index is 2.20. The Bertz CT molecular complexity index is 642. The summed E-state index contributed by atoms with van der Waals surface area (Å²) in [5.74, 6) is -0.402. The lowest BCUT2D eigenvalue weighted by Gasteiger charge is -2.02. The number of nitrogens with zero attached hydrogens (tertiary/aromatic N) is 1. The highest BCUT2D eigenvalue weighted by Gasteiger charge is 2.16. The van der Waals surface area contributed by atoms with Crippen LogP contribution in [0.25, 0.3) is 0 Å². The van der Waals surface area contributed by atoms with Crippen molar-refractivity contribution in [3.8, 4) is 0 Å². The molecule has 0 bridgehead atoms. The second-order valence-corrected chi connectivity index (χ2v) is 4.93. The number of hydrogen-bond acceptors (Lipinski definition) is 5. The zero-order chi connectivity index (χ0) is 13.0. The molecule has 0 aliphatic heterocycles. The van der Waals surface area contributed by atoms with Crippen LogP contribution in [0.15, 0.2) is 64.7 Å². The van der Waals surface area contributed by atoms with Crippen molar-refractivity contribution >= 4 is 21.6 Å². The SMILES string of the molecule is O=C1C=CC=CC1=NOS(=O)(=O)c1ccccc1. The minimum atomic E-state index is -3.98. The van der Waals surface area contributed by atoms with Gasteiger partial charge in [-0.15, -0.1) is 0 Å². The Hall–Kier alpha value is -2.21. The first kappa shape index (κ1) is 12.3. The molecule has 1 aliphatic rings. The first-order valence-electron chi connectivity index (χ1n) is 5.05. The van der Waals surface area contributed by atoms with Crippen molar-refractivity contribution in [3.05, 3.63) is 54.6 Å². The van der Waals surface area contributed by atoms with Crippen LogP contribution in [0.5, 0.6) is 0 Å². The number of allylic oxidation sites excluding steroid dienone is 4. The monoisotopic (exact) mass is 263 g/mol. The molecule has 0 saturated carbocycles. The van der Waals surface area contributed by atoms with Crippen molar-refractivity contribution in [1.82, 2.24) is 0 Å². The van der Waals surface area contributed by atoms with E-state index in [2.05, 4.69) is 9.44 Å². The molecular weight excluding hydrogens is 254 g/mol. The highest BCUT2D eigenvalue weighted by Crippen LogP contribution is 2.12. The number of oxime groups is 1. The summed E-state index contributed by atoms with van der Waals surface area (Å²) in [7, 11) is -3.98. The molecule has 0 fully saturated rings. The van der Waals surface area contributed by atoms with E-state index in [9.17, 15) is 13.2 Å². The second kappa shape index (κ2) is 4.97. The topological polar surface area (TPSA) is 72.8 Å². The maximum Gasteiger partial charge on any atom is 0.358 e. The van der Waals surface area contributed by atoms with Gasteiger partial charge in [0.1, 0.15) is 4.90 Å². The number of rotatable bonds is 3. The van der Waals surface area contributed by atoms with Gasteiger partial charge < -0.3 is 0 Å². The lowest BCUT2D eigenvalue weighted by molar-refractivity contribution is -0.108. The highest BCUT2D eigenvalue weighted by molar-refractivity contribution is 7.86. The zero-order valence-corrected chi connectivity index (χ0v) is 10.0. The first-order valence-corrected chi connectivity index (χ1v) is 6.46. The molecule has 0 aromatic heterocycles. The van der Waals surface area contributed by atoms with Gasteiger partial charge in [-0.05, 0) is 24.3 Å². The van der Waals surface area contributed by atoms with Crippen molar-refractivity contribution in [2.24, 2.45) is 5.16 Å². The van der Waals surface area contributed by atoms with Gasteiger partial charge in [-0.2, -0.15) is 8.42 Å². The van der Waals surface area contributed by atoms with Crippen molar-refractivity contribution in [3.63, 3.8) is 0 Å². The maximum atomic E-state index is 11.7. The van der Waals surface area contributed by atoms with Gasteiger partial charge in [0.05, 0.1) is 0 Å². The molecule has 92 valence electrons. The van der Waals surface area contributed by atoms with Crippen LogP contribution in [0.3, 0.4) is 0 Å². The van der Waals surface area contributed by atoms with Crippen molar-refractivity contribution in [2.45, 2.75) is 4.90 Å². The summed E-state index contributed by atoms with van der Waals surface area (Å²) in [5, 5.41) is 3.35. The summed E-state index contributed by atoms with van der Waals surface area (Å²) in [6.07, 6.45) is 5.76. The molecule has 18 heavy (non-hydrogen) atoms. The van der Waals surface area contributed by atoms with Crippen molar-refractivity contribution in [1.29, 1.82) is 0 Å². The van der Waals surface area contributed by atoms with Crippen LogP contribution in [-0.4, -0.2) is 19.9 Å². The quantitative estimate of drug-likeness (QED) is 0.611. The molecule has 1 aromatic carbocycles. The summed E-state index contributed by atoms with van der Waals surface area (Å²) < 4.78 is 27.9. The summed E-state index contributed by atoms with van der Waals surface area (Å²) in [6, 6.07) is 7.58. The number of carbonyl (C=O) groups excluding carboxylic acids is 1. The molecule has 0 heterocycles. The van der Waals surface area contributed by atoms with Gasteiger partial charge in [0.2, 0.25) is 5.78 Å². The summed E-state index contributed by atoms with van der Waals surface area (Å²) in [6.45, 7) is 0. The summed E-state index contributed by atoms with van der Waals surface area (Å²) >= 11 is 0. The highest BCUT2D eigenvalue weighted by atomic mass is 32.2. The van der Waals surface area contributed by atoms with Crippen LogP contribution in [0.2, 0.25) is 0 Å². The molecule has 1 aliphatic carbocycles. The minimum absolute atomic E-state index is 0.0165. The molecule has 0 atom stereocenters. The third kappa shape index (κ3) is 2.72. The largest absolute Gasteiger partial charge is 0.358 e. The van der Waals surface area contributed by atoms with Crippen LogP contribution in [0.4, 0.5) is 0 Å². The molecule has 0 saturated heterocycles. The van der Waals surface area contributed by atoms with Crippen LogP contribution in [-0.2, 0) is 19.2 Å². The maximum absolute atomic E-state index is 11.7. The Kier molecular flexibility index (Phi) is 3.38. The van der Waals surface area contributed by atoms with Gasteiger partial charge in [-0.3, -0.25) is 9.08 Å². The van der Waals surface area contributed by atoms with Gasteiger partial charge >= 0.3 is 10.1 Å². The number of benzene rings is 1. The Labute approximate surface area is 104 Å². The van der Waals surface area contributed by atoms with E-state index in [1.54, 1.807) is 24.3 Å². The predicted octanol–water partition coefficient (Wildman–Crippen LogP) is 1.44. The fourth-order valence-corrected chi connectivity index (χ4v) is 2.01. The Morgan fingerprint density at radius 1 is 1.00 bits per heavy atom. The van der Waals surface area contributed by atoms with E-state index in [0.717, 1.165) is 0 Å². The standard InChI is InChI=1S/C12H9NO4S/c14-12-9-5-4-8-11(12)13-17-18(15,16)10-6-2-1-3-7-10/h1-9H. The van der Waals surface area contributed by atoms with Gasteiger partial charge in [0.15, 0.2) is 5.71 Å². The van der Waals surface area contributed by atoms with Gasteiger partial charge in [0.25, 0.3) is 0 Å². The summed E-state index contributed by atoms with van der Waals surface area (Å²) in [4.78, 5) is 11.3. The lowest BCUT2D eigenvalue weighted by atomic mass is 10.1. The van der Waals surface area contributed by atoms with Crippen LogP contribution in [0, 0.1) is 0 Å². The van der Waals surface area contributed by atoms with E-state index in [4.69, 9.17) is 0 Å². The number of carbonyl (C=O) groups is 1. The van der Waals surface area contributed by atoms with Crippen molar-refractivity contribution < 1.29 is 17.5 Å². The van der Waals surface area contributed by atoms with E-state index >= 15 is 0 Å². The van der Waals surface area contributed by atoms with E-state index in [0.29, 0.717) is 0 Å². The average molecular weight is 263 g/mol. The fraction of sp³-hybridized carbons (Fsp3) is 0. The smallest absolute Gasteiger partial charge is 0.287 e. The molecule has 2 rings (SSSR count).